The Morgan fingerprint density at radius 2 is 1.91 bits per heavy atom. The molecular formula is C18H26N2O2. The minimum Gasteiger partial charge on any atom is -0.392 e. The number of rotatable bonds is 4. The molecule has 1 aromatic carbocycles. The van der Waals surface area contributed by atoms with Crippen molar-refractivity contribution in [3.8, 4) is 0 Å². The maximum Gasteiger partial charge on any atom is 0.227 e. The largest absolute Gasteiger partial charge is 0.392 e. The molecule has 1 aliphatic carbocycles. The monoisotopic (exact) mass is 302 g/mol. The molecule has 1 aliphatic heterocycles. The van der Waals surface area contributed by atoms with E-state index >= 15 is 0 Å². The Morgan fingerprint density at radius 3 is 2.64 bits per heavy atom. The van der Waals surface area contributed by atoms with E-state index in [0.29, 0.717) is 13.0 Å². The number of aliphatic hydroxyl groups is 1. The van der Waals surface area contributed by atoms with Gasteiger partial charge in [-0.25, -0.2) is 0 Å². The van der Waals surface area contributed by atoms with Crippen molar-refractivity contribution in [2.24, 2.45) is 0 Å². The fourth-order valence-electron chi connectivity index (χ4n) is 3.58. The molecule has 0 aromatic heterocycles. The highest BCUT2D eigenvalue weighted by atomic mass is 16.3. The Hall–Kier alpha value is -1.39. The van der Waals surface area contributed by atoms with E-state index in [0.717, 1.165) is 38.2 Å². The van der Waals surface area contributed by atoms with Gasteiger partial charge in [0, 0.05) is 32.7 Å². The highest BCUT2D eigenvalue weighted by Gasteiger charge is 2.22. The first-order chi connectivity index (χ1) is 10.6. The Balaban J connectivity index is 1.52. The number of hydrogen-bond donors (Lipinski definition) is 1. The molecule has 1 fully saturated rings. The third-order valence-corrected chi connectivity index (χ3v) is 4.77. The molecule has 0 saturated carbocycles. The van der Waals surface area contributed by atoms with Crippen LogP contribution in [0.3, 0.4) is 0 Å². The molecule has 0 bridgehead atoms. The Bertz CT molecular complexity index is 534. The molecule has 0 radical (unpaired) electrons. The van der Waals surface area contributed by atoms with Crippen LogP contribution >= 0.6 is 0 Å². The zero-order chi connectivity index (χ0) is 15.5. The lowest BCUT2D eigenvalue weighted by atomic mass is 10.0. The second-order valence-electron chi connectivity index (χ2n) is 6.66. The number of amides is 1. The van der Waals surface area contributed by atoms with Crippen LogP contribution in [-0.2, 0) is 24.1 Å². The Labute approximate surface area is 132 Å². The Kier molecular flexibility index (Phi) is 4.79. The van der Waals surface area contributed by atoms with Gasteiger partial charge in [0.15, 0.2) is 0 Å². The summed E-state index contributed by atoms with van der Waals surface area (Å²) in [7, 11) is 0. The molecule has 3 rings (SSSR count). The number of aliphatic hydroxyl groups excluding tert-OH is 1. The lowest BCUT2D eigenvalue weighted by molar-refractivity contribution is -0.132. The number of nitrogens with zero attached hydrogens (tertiary/aromatic N) is 2. The van der Waals surface area contributed by atoms with Crippen LogP contribution in [0.1, 0.15) is 30.0 Å². The number of benzene rings is 1. The van der Waals surface area contributed by atoms with Gasteiger partial charge in [-0.1, -0.05) is 18.2 Å². The van der Waals surface area contributed by atoms with Crippen molar-refractivity contribution < 1.29 is 9.90 Å². The molecule has 1 N–H and O–H groups in total. The summed E-state index contributed by atoms with van der Waals surface area (Å²) in [5.74, 6) is 0.231. The molecule has 120 valence electrons. The van der Waals surface area contributed by atoms with Crippen molar-refractivity contribution in [3.05, 3.63) is 34.9 Å². The summed E-state index contributed by atoms with van der Waals surface area (Å²) in [4.78, 5) is 16.6. The standard InChI is InChI=1S/C18H26N2O2/c1-14(21)13-19-7-9-20(10-8-19)18(22)12-15-5-6-16-3-2-4-17(16)11-15/h5-6,11,14,21H,2-4,7-10,12-13H2,1H3/t14-/m1/s1. The van der Waals surface area contributed by atoms with Gasteiger partial charge in [-0.3, -0.25) is 9.69 Å². The average Bonchev–Trinajstić information content (AvgIpc) is 2.95. The molecule has 1 aromatic rings. The van der Waals surface area contributed by atoms with E-state index < -0.39 is 0 Å². The molecular weight excluding hydrogens is 276 g/mol. The minimum atomic E-state index is -0.298. The van der Waals surface area contributed by atoms with Gasteiger partial charge >= 0.3 is 0 Å². The van der Waals surface area contributed by atoms with E-state index in [1.54, 1.807) is 0 Å². The topological polar surface area (TPSA) is 43.8 Å². The zero-order valence-corrected chi connectivity index (χ0v) is 13.4. The van der Waals surface area contributed by atoms with Crippen LogP contribution < -0.4 is 0 Å². The highest BCUT2D eigenvalue weighted by molar-refractivity contribution is 5.79. The summed E-state index contributed by atoms with van der Waals surface area (Å²) < 4.78 is 0. The molecule has 4 heteroatoms. The number of carbonyl (C=O) groups is 1. The van der Waals surface area contributed by atoms with Gasteiger partial charge in [-0.15, -0.1) is 0 Å². The number of aryl methyl sites for hydroxylation is 2. The number of carbonyl (C=O) groups excluding carboxylic acids is 1. The van der Waals surface area contributed by atoms with Crippen LogP contribution in [0.25, 0.3) is 0 Å². The van der Waals surface area contributed by atoms with E-state index in [1.807, 2.05) is 11.8 Å². The molecule has 1 saturated heterocycles. The second kappa shape index (κ2) is 6.80. The van der Waals surface area contributed by atoms with Crippen LogP contribution in [0.4, 0.5) is 0 Å². The molecule has 1 atom stereocenters. The lowest BCUT2D eigenvalue weighted by Crippen LogP contribution is -2.50. The minimum absolute atomic E-state index is 0.231. The third kappa shape index (κ3) is 3.68. The van der Waals surface area contributed by atoms with Crippen LogP contribution in [0.2, 0.25) is 0 Å². The van der Waals surface area contributed by atoms with Crippen molar-refractivity contribution >= 4 is 5.91 Å². The SMILES string of the molecule is C[C@@H](O)CN1CCN(C(=O)Cc2ccc3c(c2)CCC3)CC1. The maximum atomic E-state index is 12.5. The van der Waals surface area contributed by atoms with Gasteiger partial charge < -0.3 is 10.0 Å². The van der Waals surface area contributed by atoms with E-state index in [4.69, 9.17) is 0 Å². The van der Waals surface area contributed by atoms with Crippen LogP contribution in [0, 0.1) is 0 Å². The number of β-amino-alcohol motifs (C(OH)–C–C–N with tert-alkyl or cyclic N) is 1. The van der Waals surface area contributed by atoms with Crippen molar-refractivity contribution in [2.45, 2.75) is 38.7 Å². The van der Waals surface area contributed by atoms with Crippen molar-refractivity contribution in [3.63, 3.8) is 0 Å². The van der Waals surface area contributed by atoms with Gasteiger partial charge in [-0.05, 0) is 42.9 Å². The second-order valence-corrected chi connectivity index (χ2v) is 6.66. The summed E-state index contributed by atoms with van der Waals surface area (Å²) in [6.45, 7) is 5.78. The van der Waals surface area contributed by atoms with Gasteiger partial charge in [0.05, 0.1) is 12.5 Å². The highest BCUT2D eigenvalue weighted by Crippen LogP contribution is 2.23. The lowest BCUT2D eigenvalue weighted by Gasteiger charge is -2.35. The van der Waals surface area contributed by atoms with E-state index in [9.17, 15) is 9.90 Å². The number of piperazine rings is 1. The van der Waals surface area contributed by atoms with E-state index in [1.165, 1.54) is 24.0 Å². The Morgan fingerprint density at radius 1 is 1.18 bits per heavy atom. The van der Waals surface area contributed by atoms with Crippen LogP contribution in [0.5, 0.6) is 0 Å². The maximum absolute atomic E-state index is 12.5. The predicted octanol–water partition coefficient (Wildman–Crippen LogP) is 1.24. The van der Waals surface area contributed by atoms with E-state index in [2.05, 4.69) is 23.1 Å². The first kappa shape index (κ1) is 15.5. The molecule has 1 heterocycles. The fourth-order valence-corrected chi connectivity index (χ4v) is 3.58. The molecule has 0 spiro atoms. The summed E-state index contributed by atoms with van der Waals surface area (Å²) in [5.41, 5.74) is 4.05. The summed E-state index contributed by atoms with van der Waals surface area (Å²) in [5, 5.41) is 9.43. The summed E-state index contributed by atoms with van der Waals surface area (Å²) in [6, 6.07) is 6.54. The molecule has 0 unspecified atom stereocenters. The zero-order valence-electron chi connectivity index (χ0n) is 13.4. The van der Waals surface area contributed by atoms with Gasteiger partial charge in [0.1, 0.15) is 0 Å². The normalized spacial score (nSPS) is 20.0. The summed E-state index contributed by atoms with van der Waals surface area (Å²) >= 11 is 0. The van der Waals surface area contributed by atoms with E-state index in [-0.39, 0.29) is 12.0 Å². The quantitative estimate of drug-likeness (QED) is 0.910. The van der Waals surface area contributed by atoms with Crippen LogP contribution in [-0.4, -0.2) is 59.6 Å². The first-order valence-corrected chi connectivity index (χ1v) is 8.40. The van der Waals surface area contributed by atoms with Crippen molar-refractivity contribution in [1.82, 2.24) is 9.80 Å². The van der Waals surface area contributed by atoms with Gasteiger partial charge in [0.25, 0.3) is 0 Å². The molecule has 22 heavy (non-hydrogen) atoms. The average molecular weight is 302 g/mol. The predicted molar refractivity (Wildman–Crippen MR) is 86.9 cm³/mol. The van der Waals surface area contributed by atoms with Crippen molar-refractivity contribution in [2.75, 3.05) is 32.7 Å². The molecule has 4 nitrogen and oxygen atoms in total. The van der Waals surface area contributed by atoms with Gasteiger partial charge in [0.2, 0.25) is 5.91 Å². The smallest absolute Gasteiger partial charge is 0.227 e. The summed E-state index contributed by atoms with van der Waals surface area (Å²) in [6.07, 6.45) is 3.82. The van der Waals surface area contributed by atoms with Crippen LogP contribution in [0.15, 0.2) is 18.2 Å². The molecule has 1 amide bonds. The first-order valence-electron chi connectivity index (χ1n) is 8.40. The fraction of sp³-hybridized carbons (Fsp3) is 0.611. The number of fused-ring (bicyclic) bond motifs is 1. The van der Waals surface area contributed by atoms with Crippen molar-refractivity contribution in [1.29, 1.82) is 0 Å². The third-order valence-electron chi connectivity index (χ3n) is 4.77. The molecule has 2 aliphatic rings. The number of hydrogen-bond acceptors (Lipinski definition) is 3. The van der Waals surface area contributed by atoms with Gasteiger partial charge in [-0.2, -0.15) is 0 Å².